The molecule has 3 heterocycles. The van der Waals surface area contributed by atoms with Crippen molar-refractivity contribution in [2.75, 3.05) is 12.9 Å². The Labute approximate surface area is 179 Å². The third-order valence-corrected chi connectivity index (χ3v) is 6.82. The van der Waals surface area contributed by atoms with Crippen LogP contribution >= 0.6 is 23.1 Å². The van der Waals surface area contributed by atoms with E-state index in [4.69, 9.17) is 9.47 Å². The van der Waals surface area contributed by atoms with Gasteiger partial charge in [0.05, 0.1) is 23.2 Å². The van der Waals surface area contributed by atoms with Gasteiger partial charge in [0.2, 0.25) is 0 Å². The lowest BCUT2D eigenvalue weighted by atomic mass is 10.0. The van der Waals surface area contributed by atoms with E-state index in [1.165, 1.54) is 9.77 Å². The first-order valence-electron chi connectivity index (χ1n) is 9.65. The van der Waals surface area contributed by atoms with E-state index in [1.54, 1.807) is 23.1 Å². The van der Waals surface area contributed by atoms with Gasteiger partial charge in [0, 0.05) is 16.0 Å². The number of hydrogen-bond acceptors (Lipinski definition) is 6. The maximum absolute atomic E-state index is 6.56. The van der Waals surface area contributed by atoms with Gasteiger partial charge in [0.15, 0.2) is 17.7 Å². The molecule has 5 rings (SSSR count). The predicted molar refractivity (Wildman–Crippen MR) is 119 cm³/mol. The third kappa shape index (κ3) is 3.31. The van der Waals surface area contributed by atoms with Crippen LogP contribution in [-0.4, -0.2) is 17.9 Å². The van der Waals surface area contributed by atoms with E-state index in [-0.39, 0.29) is 12.3 Å². The van der Waals surface area contributed by atoms with Gasteiger partial charge < -0.3 is 14.9 Å². The minimum Gasteiger partial charge on any atom is -0.490 e. The fourth-order valence-electron chi connectivity index (χ4n) is 3.82. The maximum Gasteiger partial charge on any atom is 0.196 e. The molecule has 3 aromatic rings. The molecule has 2 atom stereocenters. The van der Waals surface area contributed by atoms with Crippen molar-refractivity contribution in [3.8, 4) is 11.5 Å². The second-order valence-corrected chi connectivity index (χ2v) is 8.70. The highest BCUT2D eigenvalue weighted by Crippen LogP contribution is 2.49. The van der Waals surface area contributed by atoms with Crippen molar-refractivity contribution < 1.29 is 9.47 Å². The summed E-state index contributed by atoms with van der Waals surface area (Å²) in [6.07, 6.45) is 4.12. The van der Waals surface area contributed by atoms with Crippen LogP contribution in [0.4, 0.5) is 0 Å². The smallest absolute Gasteiger partial charge is 0.196 e. The molecule has 0 saturated heterocycles. The third-order valence-electron chi connectivity index (χ3n) is 5.17. The highest BCUT2D eigenvalue weighted by Gasteiger charge is 2.41. The van der Waals surface area contributed by atoms with Crippen LogP contribution in [0.2, 0.25) is 0 Å². The number of benzene rings is 2. The molecule has 4 nitrogen and oxygen atoms in total. The summed E-state index contributed by atoms with van der Waals surface area (Å²) in [5.74, 6) is 1.63. The van der Waals surface area contributed by atoms with Gasteiger partial charge in [-0.2, -0.15) is 5.01 Å². The largest absolute Gasteiger partial charge is 0.490 e. The number of nitrogens with zero attached hydrogens (tertiary/aromatic N) is 1. The topological polar surface area (TPSA) is 33.7 Å². The Kier molecular flexibility index (Phi) is 4.99. The number of para-hydroxylation sites is 1. The standard InChI is InChI=1S/C23H22N2O2S2/c1-3-26-20-7-4-6-17-19-14-18(21-8-5-13-29-21)24-25(19)23(27-22(17)20)15-9-11-16(28-2)12-10-15/h4-14,19,23-24H,3H2,1-2H3. The lowest BCUT2D eigenvalue weighted by Crippen LogP contribution is -2.43. The van der Waals surface area contributed by atoms with Crippen LogP contribution in [0, 0.1) is 0 Å². The van der Waals surface area contributed by atoms with Gasteiger partial charge >= 0.3 is 0 Å². The number of thiophene rings is 1. The van der Waals surface area contributed by atoms with Gasteiger partial charge in [-0.3, -0.25) is 0 Å². The normalized spacial score (nSPS) is 20.3. The molecule has 0 fully saturated rings. The molecule has 148 valence electrons. The van der Waals surface area contributed by atoms with Crippen molar-refractivity contribution in [1.29, 1.82) is 0 Å². The SMILES string of the molecule is CCOc1cccc2c1OC(c1ccc(SC)cc1)N1NC(c3cccs3)=CC21. The average Bonchev–Trinajstić information content (AvgIpc) is 3.44. The number of rotatable bonds is 5. The number of fused-ring (bicyclic) bond motifs is 3. The molecule has 0 saturated carbocycles. The summed E-state index contributed by atoms with van der Waals surface area (Å²) in [5.41, 5.74) is 6.95. The molecule has 0 aliphatic carbocycles. The average molecular weight is 423 g/mol. The second kappa shape index (κ2) is 7.78. The predicted octanol–water partition coefficient (Wildman–Crippen LogP) is 5.86. The zero-order valence-electron chi connectivity index (χ0n) is 16.3. The van der Waals surface area contributed by atoms with E-state index >= 15 is 0 Å². The van der Waals surface area contributed by atoms with Crippen LogP contribution in [-0.2, 0) is 0 Å². The van der Waals surface area contributed by atoms with E-state index in [9.17, 15) is 0 Å². The Balaban J connectivity index is 1.59. The molecule has 0 amide bonds. The number of ether oxygens (including phenoxy) is 2. The van der Waals surface area contributed by atoms with Crippen molar-refractivity contribution in [1.82, 2.24) is 10.4 Å². The Hall–Kier alpha value is -2.41. The monoisotopic (exact) mass is 422 g/mol. The summed E-state index contributed by atoms with van der Waals surface area (Å²) in [6.45, 7) is 2.61. The molecule has 2 aliphatic heterocycles. The van der Waals surface area contributed by atoms with Gasteiger partial charge in [0.1, 0.15) is 0 Å². The van der Waals surface area contributed by atoms with Crippen LogP contribution in [0.5, 0.6) is 11.5 Å². The Bertz CT molecular complexity index is 1030. The summed E-state index contributed by atoms with van der Waals surface area (Å²) < 4.78 is 12.4. The fraction of sp³-hybridized carbons (Fsp3) is 0.217. The van der Waals surface area contributed by atoms with Crippen molar-refractivity contribution in [3.63, 3.8) is 0 Å². The van der Waals surface area contributed by atoms with Crippen molar-refractivity contribution >= 4 is 28.8 Å². The second-order valence-electron chi connectivity index (χ2n) is 6.87. The minimum absolute atomic E-state index is 0.0708. The van der Waals surface area contributed by atoms with Crippen LogP contribution in [0.1, 0.15) is 35.2 Å². The van der Waals surface area contributed by atoms with Gasteiger partial charge in [-0.05, 0) is 48.9 Å². The van der Waals surface area contributed by atoms with Crippen molar-refractivity contribution in [3.05, 3.63) is 82.1 Å². The molecule has 0 radical (unpaired) electrons. The molecule has 2 unspecified atom stereocenters. The first-order chi connectivity index (χ1) is 14.3. The molecule has 6 heteroatoms. The lowest BCUT2D eigenvalue weighted by Gasteiger charge is -2.39. The quantitative estimate of drug-likeness (QED) is 0.521. The molecule has 0 bridgehead atoms. The molecule has 1 N–H and O–H groups in total. The van der Waals surface area contributed by atoms with E-state index in [0.29, 0.717) is 6.61 Å². The Morgan fingerprint density at radius 1 is 1.14 bits per heavy atom. The van der Waals surface area contributed by atoms with E-state index < -0.39 is 0 Å². The van der Waals surface area contributed by atoms with E-state index in [2.05, 4.69) is 70.6 Å². The molecular formula is C23H22N2O2S2. The molecule has 2 aromatic carbocycles. The van der Waals surface area contributed by atoms with Crippen LogP contribution in [0.25, 0.3) is 5.70 Å². The first-order valence-corrected chi connectivity index (χ1v) is 11.8. The summed E-state index contributed by atoms with van der Waals surface area (Å²) in [7, 11) is 0. The van der Waals surface area contributed by atoms with Crippen LogP contribution < -0.4 is 14.9 Å². The van der Waals surface area contributed by atoms with E-state index in [0.717, 1.165) is 28.3 Å². The summed E-state index contributed by atoms with van der Waals surface area (Å²) in [4.78, 5) is 2.46. The van der Waals surface area contributed by atoms with Gasteiger partial charge in [-0.1, -0.05) is 30.3 Å². The highest BCUT2D eigenvalue weighted by atomic mass is 32.2. The summed E-state index contributed by atoms with van der Waals surface area (Å²) in [5, 5.41) is 4.30. The molecule has 0 spiro atoms. The van der Waals surface area contributed by atoms with Crippen LogP contribution in [0.3, 0.4) is 0 Å². The number of hydrazine groups is 1. The summed E-state index contributed by atoms with van der Waals surface area (Å²) >= 11 is 3.48. The molecule has 29 heavy (non-hydrogen) atoms. The zero-order valence-corrected chi connectivity index (χ0v) is 17.9. The number of nitrogens with one attached hydrogen (secondary N) is 1. The number of thioether (sulfide) groups is 1. The highest BCUT2D eigenvalue weighted by molar-refractivity contribution is 7.98. The minimum atomic E-state index is -0.251. The Morgan fingerprint density at radius 3 is 2.72 bits per heavy atom. The molecule has 1 aromatic heterocycles. The van der Waals surface area contributed by atoms with Gasteiger partial charge in [0.25, 0.3) is 0 Å². The zero-order chi connectivity index (χ0) is 19.8. The van der Waals surface area contributed by atoms with Crippen LogP contribution in [0.15, 0.2) is 70.9 Å². The molecular weight excluding hydrogens is 400 g/mol. The van der Waals surface area contributed by atoms with Gasteiger partial charge in [-0.15, -0.1) is 23.1 Å². The fourth-order valence-corrected chi connectivity index (χ4v) is 4.93. The summed E-state index contributed by atoms with van der Waals surface area (Å²) in [6, 6.07) is 19.0. The van der Waals surface area contributed by atoms with Gasteiger partial charge in [-0.25, -0.2) is 0 Å². The molecule has 2 aliphatic rings. The lowest BCUT2D eigenvalue weighted by molar-refractivity contribution is -0.0345. The van der Waals surface area contributed by atoms with Crippen molar-refractivity contribution in [2.24, 2.45) is 0 Å². The van der Waals surface area contributed by atoms with E-state index in [1.807, 2.05) is 19.1 Å². The maximum atomic E-state index is 6.56. The van der Waals surface area contributed by atoms with Crippen molar-refractivity contribution in [2.45, 2.75) is 24.1 Å². The first kappa shape index (κ1) is 18.6. The number of hydrogen-bond donors (Lipinski definition) is 1. The Morgan fingerprint density at radius 2 is 2.00 bits per heavy atom.